The molecule has 3 rings (SSSR count). The lowest BCUT2D eigenvalue weighted by Gasteiger charge is -2.22. The third-order valence-corrected chi connectivity index (χ3v) is 4.11. The number of hydrogen-bond acceptors (Lipinski definition) is 3. The van der Waals surface area contributed by atoms with Crippen LogP contribution >= 0.6 is 15.9 Å². The van der Waals surface area contributed by atoms with Crippen LogP contribution in [-0.4, -0.2) is 18.1 Å². The summed E-state index contributed by atoms with van der Waals surface area (Å²) in [5, 5.41) is 12.4. The second-order valence-electron chi connectivity index (χ2n) is 4.82. The molecule has 0 spiro atoms. The molecule has 1 unspecified atom stereocenters. The first kappa shape index (κ1) is 14.0. The molecule has 1 atom stereocenters. The van der Waals surface area contributed by atoms with E-state index in [9.17, 15) is 14.3 Å². The number of carbonyl (C=O) groups excluding carboxylic acids is 1. The van der Waals surface area contributed by atoms with Gasteiger partial charge in [0.25, 0.3) is 5.91 Å². The van der Waals surface area contributed by atoms with Crippen LogP contribution < -0.4 is 10.2 Å². The molecule has 4 nitrogen and oxygen atoms in total. The molecule has 108 valence electrons. The van der Waals surface area contributed by atoms with Crippen molar-refractivity contribution in [1.29, 1.82) is 0 Å². The van der Waals surface area contributed by atoms with Crippen LogP contribution in [0, 0.1) is 5.82 Å². The topological polar surface area (TPSA) is 52.6 Å². The van der Waals surface area contributed by atoms with Crippen molar-refractivity contribution in [1.82, 2.24) is 0 Å². The summed E-state index contributed by atoms with van der Waals surface area (Å²) in [6.07, 6.45) is -1.15. The van der Waals surface area contributed by atoms with E-state index in [-0.39, 0.29) is 5.82 Å². The molecule has 1 heterocycles. The van der Waals surface area contributed by atoms with Gasteiger partial charge in [-0.25, -0.2) is 4.39 Å². The van der Waals surface area contributed by atoms with Gasteiger partial charge in [-0.1, -0.05) is 6.07 Å². The number of nitrogens with zero attached hydrogens (tertiary/aromatic N) is 1. The summed E-state index contributed by atoms with van der Waals surface area (Å²) in [5.41, 5.74) is 2.53. The third kappa shape index (κ3) is 2.41. The summed E-state index contributed by atoms with van der Waals surface area (Å²) in [6, 6.07) is 9.67. The Balaban J connectivity index is 2.04. The van der Waals surface area contributed by atoms with Gasteiger partial charge in [0.2, 0.25) is 0 Å². The molecule has 0 radical (unpaired) electrons. The van der Waals surface area contributed by atoms with Crippen molar-refractivity contribution in [3.05, 3.63) is 52.3 Å². The number of aliphatic hydroxyl groups is 1. The van der Waals surface area contributed by atoms with Gasteiger partial charge in [0.05, 0.1) is 5.69 Å². The fraction of sp³-hybridized carbons (Fsp3) is 0.133. The monoisotopic (exact) mass is 350 g/mol. The maximum Gasteiger partial charge on any atom is 0.257 e. The molecule has 2 aromatic rings. The van der Waals surface area contributed by atoms with Crippen LogP contribution in [0.15, 0.2) is 40.9 Å². The number of halogens is 2. The normalized spacial score (nSPS) is 16.6. The Morgan fingerprint density at radius 2 is 2.10 bits per heavy atom. The van der Waals surface area contributed by atoms with Gasteiger partial charge in [0.15, 0.2) is 6.10 Å². The molecule has 0 aliphatic carbocycles. The van der Waals surface area contributed by atoms with Crippen LogP contribution in [0.5, 0.6) is 0 Å². The van der Waals surface area contributed by atoms with Crippen molar-refractivity contribution < 1.29 is 14.3 Å². The zero-order chi connectivity index (χ0) is 15.1. The number of rotatable bonds is 2. The number of amides is 1. The molecule has 0 fully saturated rings. The average Bonchev–Trinajstić information content (AvgIpc) is 2.73. The first-order chi connectivity index (χ1) is 9.97. The number of carbonyl (C=O) groups is 1. The number of aliphatic hydroxyl groups excluding tert-OH is 1. The Morgan fingerprint density at radius 3 is 2.81 bits per heavy atom. The second-order valence-corrected chi connectivity index (χ2v) is 5.68. The molecular weight excluding hydrogens is 339 g/mol. The van der Waals surface area contributed by atoms with Gasteiger partial charge in [-0.3, -0.25) is 4.79 Å². The van der Waals surface area contributed by atoms with E-state index in [0.29, 0.717) is 21.4 Å². The fourth-order valence-electron chi connectivity index (χ4n) is 2.33. The van der Waals surface area contributed by atoms with E-state index in [0.717, 1.165) is 5.69 Å². The van der Waals surface area contributed by atoms with Crippen molar-refractivity contribution in [2.75, 3.05) is 17.3 Å². The molecule has 0 bridgehead atoms. The molecule has 2 aromatic carbocycles. The molecule has 21 heavy (non-hydrogen) atoms. The van der Waals surface area contributed by atoms with Gasteiger partial charge in [-0.05, 0) is 46.3 Å². The Labute approximate surface area is 129 Å². The predicted octanol–water partition coefficient (Wildman–Crippen LogP) is 3.34. The molecule has 0 saturated carbocycles. The minimum Gasteiger partial charge on any atom is -0.378 e. The van der Waals surface area contributed by atoms with Crippen LogP contribution in [0.1, 0.15) is 11.7 Å². The minimum absolute atomic E-state index is 0.319. The molecule has 1 amide bonds. The van der Waals surface area contributed by atoms with Crippen LogP contribution in [0.2, 0.25) is 0 Å². The van der Waals surface area contributed by atoms with E-state index in [4.69, 9.17) is 0 Å². The number of fused-ring (bicyclic) bond motifs is 1. The highest BCUT2D eigenvalue weighted by molar-refractivity contribution is 9.10. The highest BCUT2D eigenvalue weighted by Gasteiger charge is 2.30. The van der Waals surface area contributed by atoms with Crippen molar-refractivity contribution in [3.8, 4) is 0 Å². The van der Waals surface area contributed by atoms with Crippen molar-refractivity contribution in [2.45, 2.75) is 6.10 Å². The zero-order valence-electron chi connectivity index (χ0n) is 11.1. The Morgan fingerprint density at radius 1 is 1.33 bits per heavy atom. The first-order valence-electron chi connectivity index (χ1n) is 6.29. The van der Waals surface area contributed by atoms with Crippen molar-refractivity contribution >= 4 is 38.9 Å². The van der Waals surface area contributed by atoms with E-state index in [1.807, 2.05) is 0 Å². The maximum atomic E-state index is 13.3. The zero-order valence-corrected chi connectivity index (χ0v) is 12.7. The lowest BCUT2D eigenvalue weighted by atomic mass is 10.1. The van der Waals surface area contributed by atoms with Gasteiger partial charge in [-0.15, -0.1) is 0 Å². The maximum absolute atomic E-state index is 13.3. The summed E-state index contributed by atoms with van der Waals surface area (Å²) in [7, 11) is 1.80. The summed E-state index contributed by atoms with van der Waals surface area (Å²) in [6.45, 7) is 0. The standard InChI is InChI=1S/C15H12BrFN2O2/c1-19(9-4-2-3-8(17)5-9)13-7-12-10(6-11(13)16)14(20)15(21)18-12/h2-7,14,20H,1H3,(H,18,21). The largest absolute Gasteiger partial charge is 0.378 e. The quantitative estimate of drug-likeness (QED) is 0.873. The smallest absolute Gasteiger partial charge is 0.257 e. The third-order valence-electron chi connectivity index (χ3n) is 3.48. The van der Waals surface area contributed by atoms with Crippen LogP contribution in [-0.2, 0) is 4.79 Å². The second kappa shape index (κ2) is 5.13. The molecule has 6 heteroatoms. The Bertz CT molecular complexity index is 736. The van der Waals surface area contributed by atoms with E-state index < -0.39 is 12.0 Å². The first-order valence-corrected chi connectivity index (χ1v) is 7.08. The Hall–Kier alpha value is -1.92. The molecule has 0 aromatic heterocycles. The van der Waals surface area contributed by atoms with Crippen molar-refractivity contribution in [3.63, 3.8) is 0 Å². The molecule has 1 aliphatic heterocycles. The van der Waals surface area contributed by atoms with Gasteiger partial charge in [-0.2, -0.15) is 0 Å². The van der Waals surface area contributed by atoms with Gasteiger partial charge < -0.3 is 15.3 Å². The highest BCUT2D eigenvalue weighted by Crippen LogP contribution is 2.40. The van der Waals surface area contributed by atoms with Gasteiger partial charge in [0.1, 0.15) is 5.82 Å². The van der Waals surface area contributed by atoms with E-state index in [2.05, 4.69) is 21.2 Å². The molecule has 0 saturated heterocycles. The summed E-state index contributed by atoms with van der Waals surface area (Å²) < 4.78 is 14.0. The summed E-state index contributed by atoms with van der Waals surface area (Å²) in [5.74, 6) is -0.761. The highest BCUT2D eigenvalue weighted by atomic mass is 79.9. The van der Waals surface area contributed by atoms with E-state index in [1.54, 1.807) is 36.2 Å². The number of hydrogen-bond donors (Lipinski definition) is 2. The SMILES string of the molecule is CN(c1cccc(F)c1)c1cc2c(cc1Br)C(O)C(=O)N2. The van der Waals surface area contributed by atoms with Crippen LogP contribution in [0.25, 0.3) is 0 Å². The number of anilines is 3. The Kier molecular flexibility index (Phi) is 3.43. The number of benzene rings is 2. The van der Waals surface area contributed by atoms with Gasteiger partial charge >= 0.3 is 0 Å². The van der Waals surface area contributed by atoms with Gasteiger partial charge in [0, 0.05) is 28.5 Å². The lowest BCUT2D eigenvalue weighted by Crippen LogP contribution is -2.11. The van der Waals surface area contributed by atoms with E-state index in [1.165, 1.54) is 12.1 Å². The predicted molar refractivity (Wildman–Crippen MR) is 82.2 cm³/mol. The van der Waals surface area contributed by atoms with Crippen molar-refractivity contribution in [2.24, 2.45) is 0 Å². The average molecular weight is 351 g/mol. The van der Waals surface area contributed by atoms with Crippen LogP contribution in [0.4, 0.5) is 21.5 Å². The molecular formula is C15H12BrFN2O2. The minimum atomic E-state index is -1.15. The summed E-state index contributed by atoms with van der Waals surface area (Å²) >= 11 is 3.43. The number of nitrogens with one attached hydrogen (secondary N) is 1. The summed E-state index contributed by atoms with van der Waals surface area (Å²) in [4.78, 5) is 13.3. The molecule has 1 aliphatic rings. The lowest BCUT2D eigenvalue weighted by molar-refractivity contribution is -0.123. The van der Waals surface area contributed by atoms with Crippen LogP contribution in [0.3, 0.4) is 0 Å². The molecule has 2 N–H and O–H groups in total. The van der Waals surface area contributed by atoms with E-state index >= 15 is 0 Å². The fourth-order valence-corrected chi connectivity index (χ4v) is 2.96.